The molecule has 2 aliphatic rings. The third-order valence-corrected chi connectivity index (χ3v) is 3.32. The Morgan fingerprint density at radius 3 is 2.55 bits per heavy atom. The van der Waals surface area contributed by atoms with Crippen LogP contribution in [0.3, 0.4) is 0 Å². The second-order valence-corrected chi connectivity index (χ2v) is 4.79. The van der Waals surface area contributed by atoms with Gasteiger partial charge >= 0.3 is 17.1 Å². The minimum absolute atomic E-state index is 0. The van der Waals surface area contributed by atoms with Gasteiger partial charge in [-0.25, -0.2) is 24.6 Å². The summed E-state index contributed by atoms with van der Waals surface area (Å²) in [4.78, 5) is 2.38. The van der Waals surface area contributed by atoms with Crippen LogP contribution in [-0.4, -0.2) is 37.6 Å². The molecule has 0 bridgehead atoms. The SMILES string of the molecule is CN1CCNCC1[CH-]C=C1C=CC=C1.[Fe+2].c1cc[cH-]c1. The van der Waals surface area contributed by atoms with Gasteiger partial charge in [0.25, 0.3) is 0 Å². The van der Waals surface area contributed by atoms with E-state index in [1.165, 1.54) is 5.57 Å². The number of rotatable bonds is 2. The van der Waals surface area contributed by atoms with E-state index < -0.39 is 0 Å². The van der Waals surface area contributed by atoms with Crippen molar-refractivity contribution >= 4 is 0 Å². The molecule has 1 unspecified atom stereocenters. The first-order valence-corrected chi connectivity index (χ1v) is 6.84. The summed E-state index contributed by atoms with van der Waals surface area (Å²) < 4.78 is 0. The Balaban J connectivity index is 0.000000283. The van der Waals surface area contributed by atoms with Gasteiger partial charge in [0.15, 0.2) is 0 Å². The Morgan fingerprint density at radius 2 is 2.00 bits per heavy atom. The molecule has 0 saturated carbocycles. The summed E-state index contributed by atoms with van der Waals surface area (Å²) in [5.74, 6) is 0. The minimum atomic E-state index is 0. The van der Waals surface area contributed by atoms with Gasteiger partial charge in [-0.05, 0) is 19.6 Å². The molecule has 2 nitrogen and oxygen atoms in total. The van der Waals surface area contributed by atoms with Crippen LogP contribution in [0, 0.1) is 6.42 Å². The van der Waals surface area contributed by atoms with Gasteiger partial charge in [0.2, 0.25) is 0 Å². The molecule has 1 saturated heterocycles. The van der Waals surface area contributed by atoms with Crippen molar-refractivity contribution < 1.29 is 17.1 Å². The van der Waals surface area contributed by atoms with Crippen molar-refractivity contribution in [2.24, 2.45) is 0 Å². The monoisotopic (exact) mass is 310 g/mol. The Morgan fingerprint density at radius 1 is 1.30 bits per heavy atom. The normalized spacial score (nSPS) is 20.9. The number of piperazine rings is 1. The fraction of sp³-hybridized carbons (Fsp3) is 0.294. The van der Waals surface area contributed by atoms with Crippen LogP contribution >= 0.6 is 0 Å². The first-order valence-electron chi connectivity index (χ1n) is 6.84. The Labute approximate surface area is 133 Å². The standard InChI is InChI=1S/C12H17N2.C5H5.Fe/c1-14-9-8-13-10-12(14)7-6-11-4-2-3-5-11;1-2-4-5-3-1;/h2-7,12-13H,8-10H2,1H3;1-5H;/q2*-1;+2. The largest absolute Gasteiger partial charge is 2.00 e. The van der Waals surface area contributed by atoms with Gasteiger partial charge in [0, 0.05) is 13.1 Å². The Hall–Kier alpha value is -1.12. The summed E-state index contributed by atoms with van der Waals surface area (Å²) in [7, 11) is 2.18. The number of nitrogens with one attached hydrogen (secondary N) is 1. The minimum Gasteiger partial charge on any atom is -0.315 e. The zero-order chi connectivity index (χ0) is 13.3. The average Bonchev–Trinajstić information content (AvgIpc) is 3.14. The zero-order valence-electron chi connectivity index (χ0n) is 11.9. The fourth-order valence-electron chi connectivity index (χ4n) is 2.08. The Kier molecular flexibility index (Phi) is 8.24. The number of hydrogen-bond acceptors (Lipinski definition) is 2. The molecule has 0 amide bonds. The smallest absolute Gasteiger partial charge is 0.315 e. The molecule has 1 aliphatic carbocycles. The molecule has 108 valence electrons. The number of nitrogens with zero attached hydrogens (tertiary/aromatic N) is 1. The number of allylic oxidation sites excluding steroid dienone is 5. The molecule has 1 N–H and O–H groups in total. The van der Waals surface area contributed by atoms with Crippen LogP contribution in [0.5, 0.6) is 0 Å². The molecule has 1 fully saturated rings. The van der Waals surface area contributed by atoms with Crippen LogP contribution in [0.4, 0.5) is 0 Å². The maximum absolute atomic E-state index is 3.40. The van der Waals surface area contributed by atoms with Crippen molar-refractivity contribution in [3.63, 3.8) is 0 Å². The van der Waals surface area contributed by atoms with Crippen molar-refractivity contribution in [1.82, 2.24) is 10.2 Å². The van der Waals surface area contributed by atoms with Crippen molar-refractivity contribution in [2.75, 3.05) is 26.7 Å². The summed E-state index contributed by atoms with van der Waals surface area (Å²) in [5, 5.41) is 3.40. The van der Waals surface area contributed by atoms with Crippen LogP contribution in [-0.2, 0) is 17.1 Å². The van der Waals surface area contributed by atoms with Crippen LogP contribution in [0.25, 0.3) is 0 Å². The van der Waals surface area contributed by atoms with Gasteiger partial charge in [0.1, 0.15) is 0 Å². The van der Waals surface area contributed by atoms with Crippen molar-refractivity contribution in [2.45, 2.75) is 6.04 Å². The predicted octanol–water partition coefficient (Wildman–Crippen LogP) is 2.55. The molecule has 3 rings (SSSR count). The molecule has 1 aromatic carbocycles. The Bertz CT molecular complexity index is 401. The van der Waals surface area contributed by atoms with Crippen LogP contribution in [0.1, 0.15) is 0 Å². The zero-order valence-corrected chi connectivity index (χ0v) is 13.0. The molecule has 1 aliphatic heterocycles. The van der Waals surface area contributed by atoms with E-state index in [9.17, 15) is 0 Å². The molecule has 3 heteroatoms. The van der Waals surface area contributed by atoms with Crippen LogP contribution < -0.4 is 5.32 Å². The average molecular weight is 310 g/mol. The third kappa shape index (κ3) is 5.89. The number of hydrogen-bond donors (Lipinski definition) is 1. The van der Waals surface area contributed by atoms with E-state index in [0.717, 1.165) is 19.6 Å². The first kappa shape index (κ1) is 16.9. The second kappa shape index (κ2) is 9.73. The van der Waals surface area contributed by atoms with Crippen molar-refractivity contribution in [3.05, 3.63) is 72.7 Å². The van der Waals surface area contributed by atoms with Crippen LogP contribution in [0.2, 0.25) is 0 Å². The van der Waals surface area contributed by atoms with E-state index >= 15 is 0 Å². The predicted molar refractivity (Wildman–Crippen MR) is 82.0 cm³/mol. The molecule has 1 atom stereocenters. The van der Waals surface area contributed by atoms with Gasteiger partial charge in [0.05, 0.1) is 0 Å². The molecular weight excluding hydrogens is 288 g/mol. The molecule has 0 radical (unpaired) electrons. The van der Waals surface area contributed by atoms with E-state index in [1.807, 2.05) is 30.3 Å². The van der Waals surface area contributed by atoms with Gasteiger partial charge < -0.3 is 10.2 Å². The van der Waals surface area contributed by atoms with Crippen molar-refractivity contribution in [3.8, 4) is 0 Å². The quantitative estimate of drug-likeness (QED) is 0.667. The maximum Gasteiger partial charge on any atom is 2.00 e. The maximum atomic E-state index is 3.40. The summed E-state index contributed by atoms with van der Waals surface area (Å²) >= 11 is 0. The summed E-state index contributed by atoms with van der Waals surface area (Å²) in [6.45, 7) is 3.31. The van der Waals surface area contributed by atoms with E-state index in [4.69, 9.17) is 0 Å². The van der Waals surface area contributed by atoms with Gasteiger partial charge in [-0.3, -0.25) is 0 Å². The summed E-state index contributed by atoms with van der Waals surface area (Å²) in [6, 6.07) is 10.5. The summed E-state index contributed by atoms with van der Waals surface area (Å²) in [5.41, 5.74) is 1.30. The van der Waals surface area contributed by atoms with Gasteiger partial charge in [-0.2, -0.15) is 23.8 Å². The second-order valence-electron chi connectivity index (χ2n) is 4.79. The van der Waals surface area contributed by atoms with Gasteiger partial charge in [-0.15, -0.1) is 12.2 Å². The molecule has 0 spiro atoms. The fourth-order valence-corrected chi connectivity index (χ4v) is 2.08. The van der Waals surface area contributed by atoms with E-state index in [2.05, 4.69) is 54.1 Å². The molecule has 1 heterocycles. The third-order valence-electron chi connectivity index (χ3n) is 3.32. The molecule has 20 heavy (non-hydrogen) atoms. The summed E-state index contributed by atoms with van der Waals surface area (Å²) in [6.07, 6.45) is 12.9. The first-order chi connectivity index (χ1) is 9.36. The van der Waals surface area contributed by atoms with Crippen molar-refractivity contribution in [1.29, 1.82) is 0 Å². The molecule has 0 aromatic heterocycles. The van der Waals surface area contributed by atoms with E-state index in [1.54, 1.807) is 0 Å². The van der Waals surface area contributed by atoms with Gasteiger partial charge in [-0.1, -0.05) is 12.2 Å². The topological polar surface area (TPSA) is 15.3 Å². The molecular formula is C17H22FeN2. The van der Waals surface area contributed by atoms with E-state index in [0.29, 0.717) is 6.04 Å². The number of likely N-dealkylation sites (N-methyl/N-ethyl adjacent to an activating group) is 1. The van der Waals surface area contributed by atoms with E-state index in [-0.39, 0.29) is 17.1 Å². The molecule has 1 aromatic rings. The van der Waals surface area contributed by atoms with Crippen LogP contribution in [0.15, 0.2) is 66.3 Å².